The van der Waals surface area contributed by atoms with Crippen LogP contribution in [-0.4, -0.2) is 43.8 Å². The van der Waals surface area contributed by atoms with Gasteiger partial charge in [0, 0.05) is 12.6 Å². The van der Waals surface area contributed by atoms with E-state index >= 15 is 0 Å². The summed E-state index contributed by atoms with van der Waals surface area (Å²) in [5, 5.41) is 3.19. The molecule has 1 N–H and O–H groups in total. The van der Waals surface area contributed by atoms with Gasteiger partial charge in [0.2, 0.25) is 11.8 Å². The summed E-state index contributed by atoms with van der Waals surface area (Å²) in [7, 11) is -4.08. The van der Waals surface area contributed by atoms with Gasteiger partial charge >= 0.3 is 0 Å². The van der Waals surface area contributed by atoms with Gasteiger partial charge in [0.15, 0.2) is 0 Å². The number of rotatable bonds is 11. The molecule has 1 atom stereocenters. The maximum atomic E-state index is 14.3. The lowest BCUT2D eigenvalue weighted by molar-refractivity contribution is -0.140. The zero-order valence-electron chi connectivity index (χ0n) is 25.2. The predicted molar refractivity (Wildman–Crippen MR) is 168 cm³/mol. The summed E-state index contributed by atoms with van der Waals surface area (Å²) in [4.78, 5) is 29.6. The number of carbonyl (C=O) groups excluding carboxylic acids is 2. The minimum Gasteiger partial charge on any atom is -0.352 e. The lowest BCUT2D eigenvalue weighted by Gasteiger charge is -2.34. The summed E-state index contributed by atoms with van der Waals surface area (Å²) in [6.07, 6.45) is 5.61. The normalized spacial score (nSPS) is 14.7. The third-order valence-electron chi connectivity index (χ3n) is 8.15. The molecule has 0 aliphatic heterocycles. The molecule has 3 aromatic rings. The van der Waals surface area contributed by atoms with Crippen molar-refractivity contribution in [3.05, 3.63) is 95.1 Å². The Bertz CT molecular complexity index is 1460. The smallest absolute Gasteiger partial charge is 0.264 e. The lowest BCUT2D eigenvalue weighted by Crippen LogP contribution is -2.54. The van der Waals surface area contributed by atoms with Crippen LogP contribution in [0.15, 0.2) is 77.7 Å². The fourth-order valence-corrected chi connectivity index (χ4v) is 6.93. The van der Waals surface area contributed by atoms with E-state index in [4.69, 9.17) is 0 Å². The molecule has 3 aromatic carbocycles. The number of amides is 2. The zero-order valence-corrected chi connectivity index (χ0v) is 26.0. The number of nitrogens with one attached hydrogen (secondary N) is 1. The highest BCUT2D eigenvalue weighted by atomic mass is 32.2. The van der Waals surface area contributed by atoms with Crippen LogP contribution in [0.2, 0.25) is 0 Å². The first-order chi connectivity index (χ1) is 20.1. The zero-order chi connectivity index (χ0) is 30.3. The molecule has 0 heterocycles. The predicted octanol–water partition coefficient (Wildman–Crippen LogP) is 6.06. The molecule has 224 valence electrons. The molecular formula is C34H43N3O4S. The number of benzene rings is 3. The standard InChI is InChI=1S/C34H43N3O4S/c1-5-32(34(39)35-29-13-7-6-8-14-29)36(23-28-12-10-9-11-27(28)4)33(38)24-37(30-19-15-25(2)16-20-30)42(40,41)31-21-17-26(3)18-22-31/h9-12,15-22,29,32H,5-8,13-14,23-24H2,1-4H3,(H,35,39)/t32-/m0/s1. The highest BCUT2D eigenvalue weighted by molar-refractivity contribution is 7.92. The van der Waals surface area contributed by atoms with Gasteiger partial charge in [-0.3, -0.25) is 13.9 Å². The monoisotopic (exact) mass is 589 g/mol. The maximum absolute atomic E-state index is 14.3. The molecule has 0 aromatic heterocycles. The van der Waals surface area contributed by atoms with E-state index < -0.39 is 28.5 Å². The van der Waals surface area contributed by atoms with E-state index in [2.05, 4.69) is 5.32 Å². The van der Waals surface area contributed by atoms with Gasteiger partial charge in [-0.25, -0.2) is 8.42 Å². The molecule has 1 aliphatic rings. The molecule has 1 saturated carbocycles. The van der Waals surface area contributed by atoms with E-state index in [1.165, 1.54) is 6.42 Å². The van der Waals surface area contributed by atoms with Crippen LogP contribution >= 0.6 is 0 Å². The van der Waals surface area contributed by atoms with Crippen molar-refractivity contribution in [1.82, 2.24) is 10.2 Å². The highest BCUT2D eigenvalue weighted by Crippen LogP contribution is 2.26. The van der Waals surface area contributed by atoms with Crippen LogP contribution in [0.3, 0.4) is 0 Å². The van der Waals surface area contributed by atoms with Crippen molar-refractivity contribution < 1.29 is 18.0 Å². The van der Waals surface area contributed by atoms with Crippen molar-refractivity contribution in [1.29, 1.82) is 0 Å². The number of sulfonamides is 1. The Morgan fingerprint density at radius 3 is 2.05 bits per heavy atom. The van der Waals surface area contributed by atoms with Gasteiger partial charge in [-0.2, -0.15) is 0 Å². The summed E-state index contributed by atoms with van der Waals surface area (Å²) in [5.41, 5.74) is 4.22. The Morgan fingerprint density at radius 2 is 1.45 bits per heavy atom. The van der Waals surface area contributed by atoms with Crippen LogP contribution < -0.4 is 9.62 Å². The third kappa shape index (κ3) is 7.59. The molecule has 0 bridgehead atoms. The van der Waals surface area contributed by atoms with Crippen molar-refractivity contribution >= 4 is 27.5 Å². The van der Waals surface area contributed by atoms with E-state index in [0.717, 1.165) is 52.2 Å². The Labute approximate surface area is 251 Å². The molecule has 4 rings (SSSR count). The van der Waals surface area contributed by atoms with Crippen LogP contribution in [0.25, 0.3) is 0 Å². The quantitative estimate of drug-likeness (QED) is 0.294. The number of hydrogen-bond donors (Lipinski definition) is 1. The maximum Gasteiger partial charge on any atom is 0.264 e. The van der Waals surface area contributed by atoms with Crippen LogP contribution in [0, 0.1) is 20.8 Å². The molecule has 1 fully saturated rings. The van der Waals surface area contributed by atoms with Gasteiger partial charge < -0.3 is 10.2 Å². The topological polar surface area (TPSA) is 86.8 Å². The number of anilines is 1. The van der Waals surface area contributed by atoms with E-state index in [0.29, 0.717) is 12.1 Å². The second-order valence-corrected chi connectivity index (χ2v) is 13.2. The second-order valence-electron chi connectivity index (χ2n) is 11.4. The Morgan fingerprint density at radius 1 is 0.857 bits per heavy atom. The van der Waals surface area contributed by atoms with E-state index in [-0.39, 0.29) is 23.4 Å². The molecule has 0 saturated heterocycles. The first-order valence-electron chi connectivity index (χ1n) is 14.9. The molecule has 0 spiro atoms. The lowest BCUT2D eigenvalue weighted by atomic mass is 9.95. The fourth-order valence-electron chi connectivity index (χ4n) is 5.51. The van der Waals surface area contributed by atoms with Crippen LogP contribution in [0.4, 0.5) is 5.69 Å². The van der Waals surface area contributed by atoms with Crippen LogP contribution in [-0.2, 0) is 26.2 Å². The molecule has 2 amide bonds. The Balaban J connectivity index is 1.71. The molecule has 1 aliphatic carbocycles. The average molecular weight is 590 g/mol. The molecule has 0 radical (unpaired) electrons. The average Bonchev–Trinajstić information content (AvgIpc) is 2.98. The van der Waals surface area contributed by atoms with Crippen molar-refractivity contribution in [2.45, 2.75) is 89.7 Å². The summed E-state index contributed by atoms with van der Waals surface area (Å²) in [5.74, 6) is -0.616. The summed E-state index contributed by atoms with van der Waals surface area (Å²) < 4.78 is 29.2. The molecule has 0 unspecified atom stereocenters. The van der Waals surface area contributed by atoms with Crippen molar-refractivity contribution in [2.75, 3.05) is 10.8 Å². The fraction of sp³-hybridized carbons (Fsp3) is 0.412. The third-order valence-corrected chi connectivity index (χ3v) is 9.94. The van der Waals surface area contributed by atoms with Crippen LogP contribution in [0.5, 0.6) is 0 Å². The number of hydrogen-bond acceptors (Lipinski definition) is 4. The van der Waals surface area contributed by atoms with Gasteiger partial charge in [0.1, 0.15) is 12.6 Å². The molecular weight excluding hydrogens is 546 g/mol. The number of carbonyl (C=O) groups is 2. The van der Waals surface area contributed by atoms with Crippen molar-refractivity contribution in [3.63, 3.8) is 0 Å². The van der Waals surface area contributed by atoms with Gasteiger partial charge in [0.25, 0.3) is 10.0 Å². The molecule has 42 heavy (non-hydrogen) atoms. The SMILES string of the molecule is CC[C@@H](C(=O)NC1CCCCC1)N(Cc1ccccc1C)C(=O)CN(c1ccc(C)cc1)S(=O)(=O)c1ccc(C)cc1. The van der Waals surface area contributed by atoms with Gasteiger partial charge in [0.05, 0.1) is 10.6 Å². The van der Waals surface area contributed by atoms with Crippen molar-refractivity contribution in [2.24, 2.45) is 0 Å². The minimum atomic E-state index is -4.08. The van der Waals surface area contributed by atoms with Crippen LogP contribution in [0.1, 0.15) is 67.7 Å². The number of nitrogens with zero attached hydrogens (tertiary/aromatic N) is 2. The van der Waals surface area contributed by atoms with Gasteiger partial charge in [-0.05, 0) is 75.4 Å². The summed E-state index contributed by atoms with van der Waals surface area (Å²) in [6, 6.07) is 20.8. The summed E-state index contributed by atoms with van der Waals surface area (Å²) >= 11 is 0. The van der Waals surface area contributed by atoms with Gasteiger partial charge in [-0.1, -0.05) is 85.8 Å². The Hall–Kier alpha value is -3.65. The Kier molecular flexibility index (Phi) is 10.4. The van der Waals surface area contributed by atoms with E-state index in [1.807, 2.05) is 64.1 Å². The van der Waals surface area contributed by atoms with Gasteiger partial charge in [-0.15, -0.1) is 0 Å². The molecule has 8 heteroatoms. The molecule has 7 nitrogen and oxygen atoms in total. The van der Waals surface area contributed by atoms with E-state index in [9.17, 15) is 18.0 Å². The largest absolute Gasteiger partial charge is 0.352 e. The highest BCUT2D eigenvalue weighted by Gasteiger charge is 2.34. The first kappa shape index (κ1) is 31.3. The minimum absolute atomic E-state index is 0.0988. The first-order valence-corrected chi connectivity index (χ1v) is 16.3. The van der Waals surface area contributed by atoms with E-state index in [1.54, 1.807) is 41.3 Å². The number of aryl methyl sites for hydroxylation is 3. The van der Waals surface area contributed by atoms with Crippen molar-refractivity contribution in [3.8, 4) is 0 Å². The second kappa shape index (κ2) is 14.0. The summed E-state index contributed by atoms with van der Waals surface area (Å²) in [6.45, 7) is 7.46.